The summed E-state index contributed by atoms with van der Waals surface area (Å²) in [7, 11) is 3.38. The first-order chi connectivity index (χ1) is 8.24. The van der Waals surface area contributed by atoms with Gasteiger partial charge in [-0.3, -0.25) is 4.79 Å². The molecule has 2 heterocycles. The van der Waals surface area contributed by atoms with E-state index in [0.29, 0.717) is 5.69 Å². The van der Waals surface area contributed by atoms with Gasteiger partial charge in [-0.2, -0.15) is 0 Å². The molecule has 0 atom stereocenters. The molecular formula is C11H13N5O. The van der Waals surface area contributed by atoms with Gasteiger partial charge in [0.25, 0.3) is 5.91 Å². The number of carbonyl (C=O) groups excluding carboxylic acids is 1. The number of nitrogens with one attached hydrogen (secondary N) is 3. The molecule has 2 rings (SSSR count). The van der Waals surface area contributed by atoms with Gasteiger partial charge in [-0.05, 0) is 12.1 Å². The summed E-state index contributed by atoms with van der Waals surface area (Å²) in [6.07, 6.45) is 1.47. The van der Waals surface area contributed by atoms with Gasteiger partial charge in [-0.1, -0.05) is 0 Å². The SMILES string of the molecule is CNC(=O)c1ccc(-c2cc(NC)ncn2)[nH]1. The molecule has 6 nitrogen and oxygen atoms in total. The minimum atomic E-state index is -0.154. The van der Waals surface area contributed by atoms with E-state index >= 15 is 0 Å². The lowest BCUT2D eigenvalue weighted by Gasteiger charge is -2.01. The zero-order chi connectivity index (χ0) is 12.3. The molecule has 6 heteroatoms. The maximum absolute atomic E-state index is 11.4. The van der Waals surface area contributed by atoms with Gasteiger partial charge in [0.2, 0.25) is 0 Å². The third-order valence-corrected chi connectivity index (χ3v) is 2.36. The highest BCUT2D eigenvalue weighted by Crippen LogP contribution is 2.17. The van der Waals surface area contributed by atoms with Crippen LogP contribution in [0.2, 0.25) is 0 Å². The summed E-state index contributed by atoms with van der Waals surface area (Å²) < 4.78 is 0. The summed E-state index contributed by atoms with van der Waals surface area (Å²) in [6, 6.07) is 5.33. The fraction of sp³-hybridized carbons (Fsp3) is 0.182. The summed E-state index contributed by atoms with van der Waals surface area (Å²) in [5.74, 6) is 0.574. The zero-order valence-electron chi connectivity index (χ0n) is 9.61. The summed E-state index contributed by atoms with van der Waals surface area (Å²) in [5, 5.41) is 5.49. The molecule has 2 aromatic rings. The van der Waals surface area contributed by atoms with Crippen molar-refractivity contribution < 1.29 is 4.79 Å². The van der Waals surface area contributed by atoms with Gasteiger partial charge in [0.15, 0.2) is 0 Å². The van der Waals surface area contributed by atoms with E-state index in [9.17, 15) is 4.79 Å². The largest absolute Gasteiger partial charge is 0.373 e. The van der Waals surface area contributed by atoms with Crippen LogP contribution in [0.15, 0.2) is 24.5 Å². The first-order valence-electron chi connectivity index (χ1n) is 5.16. The molecule has 88 valence electrons. The molecule has 0 aromatic carbocycles. The normalized spacial score (nSPS) is 10.0. The van der Waals surface area contributed by atoms with Crippen molar-refractivity contribution in [1.82, 2.24) is 20.3 Å². The number of hydrogen-bond donors (Lipinski definition) is 3. The van der Waals surface area contributed by atoms with E-state index in [1.54, 1.807) is 26.2 Å². The number of nitrogens with zero attached hydrogens (tertiary/aromatic N) is 2. The topological polar surface area (TPSA) is 82.7 Å². The molecule has 0 saturated heterocycles. The molecule has 0 aliphatic heterocycles. The lowest BCUT2D eigenvalue weighted by Crippen LogP contribution is -2.17. The predicted molar refractivity (Wildman–Crippen MR) is 64.8 cm³/mol. The van der Waals surface area contributed by atoms with Gasteiger partial charge >= 0.3 is 0 Å². The lowest BCUT2D eigenvalue weighted by atomic mass is 10.3. The van der Waals surface area contributed by atoms with E-state index < -0.39 is 0 Å². The average molecular weight is 231 g/mol. The Balaban J connectivity index is 2.33. The number of anilines is 1. The van der Waals surface area contributed by atoms with Crippen molar-refractivity contribution in [2.45, 2.75) is 0 Å². The highest BCUT2D eigenvalue weighted by Gasteiger charge is 2.08. The number of carbonyl (C=O) groups is 1. The number of H-pyrrole nitrogens is 1. The molecule has 2 aromatic heterocycles. The van der Waals surface area contributed by atoms with Gasteiger partial charge in [-0.25, -0.2) is 9.97 Å². The number of rotatable bonds is 3. The van der Waals surface area contributed by atoms with Gasteiger partial charge in [0.05, 0.1) is 11.4 Å². The Labute approximate surface area is 98.5 Å². The van der Waals surface area contributed by atoms with Crippen molar-refractivity contribution >= 4 is 11.7 Å². The average Bonchev–Trinajstić information content (AvgIpc) is 2.87. The van der Waals surface area contributed by atoms with Gasteiger partial charge < -0.3 is 15.6 Å². The molecule has 1 amide bonds. The quantitative estimate of drug-likeness (QED) is 0.732. The first kappa shape index (κ1) is 11.1. The second-order valence-electron chi connectivity index (χ2n) is 3.40. The molecule has 0 unspecified atom stereocenters. The molecule has 0 spiro atoms. The van der Waals surface area contributed by atoms with E-state index in [1.165, 1.54) is 6.33 Å². The number of aromatic nitrogens is 3. The number of hydrogen-bond acceptors (Lipinski definition) is 4. The van der Waals surface area contributed by atoms with Gasteiger partial charge in [-0.15, -0.1) is 0 Å². The van der Waals surface area contributed by atoms with Crippen LogP contribution in [-0.4, -0.2) is 35.0 Å². The maximum atomic E-state index is 11.4. The van der Waals surface area contributed by atoms with E-state index in [2.05, 4.69) is 25.6 Å². The van der Waals surface area contributed by atoms with Crippen LogP contribution in [0.4, 0.5) is 5.82 Å². The minimum Gasteiger partial charge on any atom is -0.373 e. The van der Waals surface area contributed by atoms with Crippen LogP contribution in [0.25, 0.3) is 11.4 Å². The molecule has 0 aliphatic rings. The standard InChI is InChI=1S/C11H13N5O/c1-12-10-5-9(14-6-15-10)7-3-4-8(16-7)11(17)13-2/h3-6,16H,1-2H3,(H,13,17)(H,12,14,15). The predicted octanol–water partition coefficient (Wildman–Crippen LogP) is 0.873. The van der Waals surface area contributed by atoms with Crippen LogP contribution in [0.3, 0.4) is 0 Å². The molecule has 0 bridgehead atoms. The van der Waals surface area contributed by atoms with E-state index in [-0.39, 0.29) is 5.91 Å². The lowest BCUT2D eigenvalue weighted by molar-refractivity contribution is 0.0959. The van der Waals surface area contributed by atoms with Crippen LogP contribution < -0.4 is 10.6 Å². The van der Waals surface area contributed by atoms with E-state index in [0.717, 1.165) is 17.2 Å². The van der Waals surface area contributed by atoms with Crippen molar-refractivity contribution in [3.05, 3.63) is 30.2 Å². The van der Waals surface area contributed by atoms with Crippen molar-refractivity contribution in [2.24, 2.45) is 0 Å². The van der Waals surface area contributed by atoms with Gasteiger partial charge in [0, 0.05) is 20.2 Å². The van der Waals surface area contributed by atoms with Crippen molar-refractivity contribution in [1.29, 1.82) is 0 Å². The third-order valence-electron chi connectivity index (χ3n) is 2.36. The van der Waals surface area contributed by atoms with Crippen LogP contribution in [-0.2, 0) is 0 Å². The van der Waals surface area contributed by atoms with Crippen LogP contribution in [0, 0.1) is 0 Å². The van der Waals surface area contributed by atoms with Crippen LogP contribution in [0.5, 0.6) is 0 Å². The zero-order valence-corrected chi connectivity index (χ0v) is 9.61. The summed E-state index contributed by atoms with van der Waals surface area (Å²) in [4.78, 5) is 22.6. The first-order valence-corrected chi connectivity index (χ1v) is 5.16. The Morgan fingerprint density at radius 2 is 2.12 bits per heavy atom. The smallest absolute Gasteiger partial charge is 0.267 e. The molecule has 3 N–H and O–H groups in total. The van der Waals surface area contributed by atoms with E-state index in [1.807, 2.05) is 6.07 Å². The molecule has 0 radical (unpaired) electrons. The van der Waals surface area contributed by atoms with Crippen LogP contribution in [0.1, 0.15) is 10.5 Å². The number of aromatic amines is 1. The Morgan fingerprint density at radius 1 is 1.29 bits per heavy atom. The molecule has 0 aliphatic carbocycles. The summed E-state index contributed by atoms with van der Waals surface area (Å²) in [5.41, 5.74) is 2.02. The Morgan fingerprint density at radius 3 is 2.82 bits per heavy atom. The Kier molecular flexibility index (Phi) is 3.04. The summed E-state index contributed by atoms with van der Waals surface area (Å²) in [6.45, 7) is 0. The van der Waals surface area contributed by atoms with Crippen molar-refractivity contribution in [3.63, 3.8) is 0 Å². The molecule has 0 saturated carbocycles. The Bertz CT molecular complexity index is 534. The third kappa shape index (κ3) is 2.25. The van der Waals surface area contributed by atoms with Crippen molar-refractivity contribution in [2.75, 3.05) is 19.4 Å². The second kappa shape index (κ2) is 4.65. The molecule has 17 heavy (non-hydrogen) atoms. The summed E-state index contributed by atoms with van der Waals surface area (Å²) >= 11 is 0. The Hall–Kier alpha value is -2.37. The second-order valence-corrected chi connectivity index (χ2v) is 3.40. The molecular weight excluding hydrogens is 218 g/mol. The van der Waals surface area contributed by atoms with Gasteiger partial charge in [0.1, 0.15) is 17.8 Å². The number of amides is 1. The highest BCUT2D eigenvalue weighted by atomic mass is 16.1. The van der Waals surface area contributed by atoms with Crippen LogP contribution >= 0.6 is 0 Å². The fourth-order valence-corrected chi connectivity index (χ4v) is 1.45. The fourth-order valence-electron chi connectivity index (χ4n) is 1.45. The minimum absolute atomic E-state index is 0.154. The van der Waals surface area contributed by atoms with E-state index in [4.69, 9.17) is 0 Å². The van der Waals surface area contributed by atoms with Crippen molar-refractivity contribution in [3.8, 4) is 11.4 Å². The maximum Gasteiger partial charge on any atom is 0.267 e. The highest BCUT2D eigenvalue weighted by molar-refractivity contribution is 5.93. The molecule has 0 fully saturated rings. The monoisotopic (exact) mass is 231 g/mol.